The van der Waals surface area contributed by atoms with Crippen LogP contribution in [0, 0.1) is 5.82 Å². The summed E-state index contributed by atoms with van der Waals surface area (Å²) in [6, 6.07) is 5.46. The first-order valence-electron chi connectivity index (χ1n) is 5.55. The summed E-state index contributed by atoms with van der Waals surface area (Å²) in [6.07, 6.45) is 0. The van der Waals surface area contributed by atoms with Crippen LogP contribution < -0.4 is 5.32 Å². The fraction of sp³-hybridized carbons (Fsp3) is 0.500. The van der Waals surface area contributed by atoms with Crippen molar-refractivity contribution in [3.8, 4) is 0 Å². The van der Waals surface area contributed by atoms with E-state index in [0.29, 0.717) is 6.04 Å². The summed E-state index contributed by atoms with van der Waals surface area (Å²) < 4.78 is 13.0. The molecule has 4 heteroatoms. The number of hydrogen-bond donors (Lipinski definition) is 1. The summed E-state index contributed by atoms with van der Waals surface area (Å²) in [5, 5.41) is 3.55. The highest BCUT2D eigenvalue weighted by molar-refractivity contribution is 6.30. The topological polar surface area (TPSA) is 15.3 Å². The molecule has 0 spiro atoms. The maximum Gasteiger partial charge on any atom is 0.141 e. The molecule has 0 aliphatic carbocycles. The van der Waals surface area contributed by atoms with Crippen LogP contribution in [-0.2, 0) is 6.54 Å². The van der Waals surface area contributed by atoms with E-state index >= 15 is 0 Å². The van der Waals surface area contributed by atoms with E-state index in [-0.39, 0.29) is 10.8 Å². The third-order valence-corrected chi connectivity index (χ3v) is 3.30. The van der Waals surface area contributed by atoms with Crippen molar-refractivity contribution < 1.29 is 4.39 Å². The minimum Gasteiger partial charge on any atom is -0.314 e. The lowest BCUT2D eigenvalue weighted by atomic mass is 10.1. The van der Waals surface area contributed by atoms with Crippen molar-refractivity contribution in [3.63, 3.8) is 0 Å². The lowest BCUT2D eigenvalue weighted by molar-refractivity contribution is 0.165. The van der Waals surface area contributed by atoms with E-state index in [1.54, 1.807) is 12.1 Å². The quantitative estimate of drug-likeness (QED) is 0.856. The van der Waals surface area contributed by atoms with E-state index in [2.05, 4.69) is 17.1 Å². The monoisotopic (exact) mass is 242 g/mol. The van der Waals surface area contributed by atoms with E-state index in [9.17, 15) is 4.39 Å². The zero-order chi connectivity index (χ0) is 11.5. The molecule has 88 valence electrons. The van der Waals surface area contributed by atoms with Gasteiger partial charge in [-0.2, -0.15) is 0 Å². The van der Waals surface area contributed by atoms with Gasteiger partial charge in [-0.3, -0.25) is 4.90 Å². The first kappa shape index (κ1) is 11.8. The molecule has 1 saturated heterocycles. The molecule has 0 saturated carbocycles. The number of benzene rings is 1. The van der Waals surface area contributed by atoms with Crippen molar-refractivity contribution in [1.29, 1.82) is 0 Å². The molecule has 0 aromatic heterocycles. The van der Waals surface area contributed by atoms with Gasteiger partial charge in [-0.1, -0.05) is 17.7 Å². The third kappa shape index (κ3) is 2.73. The fourth-order valence-corrected chi connectivity index (χ4v) is 2.19. The Bertz CT molecular complexity index is 370. The van der Waals surface area contributed by atoms with Gasteiger partial charge in [-0.05, 0) is 24.6 Å². The predicted molar refractivity (Wildman–Crippen MR) is 64.2 cm³/mol. The molecule has 1 fully saturated rings. The Morgan fingerprint density at radius 2 is 2.38 bits per heavy atom. The SMILES string of the molecule is C[C@@H]1CNCCN1Cc1ccc(F)c(Cl)c1. The lowest BCUT2D eigenvalue weighted by Crippen LogP contribution is -2.49. The van der Waals surface area contributed by atoms with Crippen molar-refractivity contribution in [3.05, 3.63) is 34.6 Å². The van der Waals surface area contributed by atoms with Crippen LogP contribution in [0.1, 0.15) is 12.5 Å². The van der Waals surface area contributed by atoms with Gasteiger partial charge in [-0.25, -0.2) is 4.39 Å². The Kier molecular flexibility index (Phi) is 3.79. The molecular weight excluding hydrogens is 227 g/mol. The van der Waals surface area contributed by atoms with Gasteiger partial charge in [0.2, 0.25) is 0 Å². The zero-order valence-corrected chi connectivity index (χ0v) is 10.1. The summed E-state index contributed by atoms with van der Waals surface area (Å²) in [6.45, 7) is 6.07. The number of halogens is 2. The van der Waals surface area contributed by atoms with Gasteiger partial charge in [0.1, 0.15) is 5.82 Å². The molecule has 0 radical (unpaired) electrons. The molecule has 1 aromatic rings. The van der Waals surface area contributed by atoms with Gasteiger partial charge < -0.3 is 5.32 Å². The molecule has 2 rings (SSSR count). The first-order chi connectivity index (χ1) is 7.66. The minimum absolute atomic E-state index is 0.209. The molecule has 0 amide bonds. The van der Waals surface area contributed by atoms with Crippen molar-refractivity contribution in [2.24, 2.45) is 0 Å². The van der Waals surface area contributed by atoms with Crippen LogP contribution in [0.3, 0.4) is 0 Å². The van der Waals surface area contributed by atoms with E-state index in [1.807, 2.05) is 0 Å². The summed E-state index contributed by atoms with van der Waals surface area (Å²) in [4.78, 5) is 2.38. The Morgan fingerprint density at radius 1 is 1.56 bits per heavy atom. The molecule has 0 bridgehead atoms. The molecule has 1 aliphatic heterocycles. The van der Waals surface area contributed by atoms with Gasteiger partial charge in [-0.15, -0.1) is 0 Å². The summed E-state index contributed by atoms with van der Waals surface area (Å²) in [5.74, 6) is -0.348. The molecule has 16 heavy (non-hydrogen) atoms. The molecule has 1 atom stereocenters. The predicted octanol–water partition coefficient (Wildman–Crippen LogP) is 2.27. The average Bonchev–Trinajstić information content (AvgIpc) is 2.27. The van der Waals surface area contributed by atoms with Gasteiger partial charge in [0.25, 0.3) is 0 Å². The molecular formula is C12H16ClFN2. The molecule has 0 unspecified atom stereocenters. The Balaban J connectivity index is 2.05. The van der Waals surface area contributed by atoms with Crippen molar-refractivity contribution in [2.75, 3.05) is 19.6 Å². The maximum absolute atomic E-state index is 13.0. The maximum atomic E-state index is 13.0. The van der Waals surface area contributed by atoms with E-state index < -0.39 is 0 Å². The zero-order valence-electron chi connectivity index (χ0n) is 9.34. The highest BCUT2D eigenvalue weighted by atomic mass is 35.5. The summed E-state index contributed by atoms with van der Waals surface area (Å²) in [5.41, 5.74) is 1.07. The second-order valence-electron chi connectivity index (χ2n) is 4.27. The van der Waals surface area contributed by atoms with Gasteiger partial charge in [0.15, 0.2) is 0 Å². The normalized spacial score (nSPS) is 22.3. The van der Waals surface area contributed by atoms with Crippen molar-refractivity contribution >= 4 is 11.6 Å². The van der Waals surface area contributed by atoms with Crippen LogP contribution in [0.15, 0.2) is 18.2 Å². The first-order valence-corrected chi connectivity index (χ1v) is 5.93. The molecule has 1 aromatic carbocycles. The minimum atomic E-state index is -0.348. The summed E-state index contributed by atoms with van der Waals surface area (Å²) in [7, 11) is 0. The van der Waals surface area contributed by atoms with Crippen LogP contribution >= 0.6 is 11.6 Å². The van der Waals surface area contributed by atoms with E-state index in [4.69, 9.17) is 11.6 Å². The lowest BCUT2D eigenvalue weighted by Gasteiger charge is -2.33. The van der Waals surface area contributed by atoms with Crippen LogP contribution in [0.2, 0.25) is 5.02 Å². The van der Waals surface area contributed by atoms with Gasteiger partial charge in [0.05, 0.1) is 5.02 Å². The van der Waals surface area contributed by atoms with E-state index in [1.165, 1.54) is 6.07 Å². The smallest absolute Gasteiger partial charge is 0.141 e. The number of nitrogens with one attached hydrogen (secondary N) is 1. The summed E-state index contributed by atoms with van der Waals surface area (Å²) >= 11 is 5.76. The van der Waals surface area contributed by atoms with Crippen LogP contribution in [0.5, 0.6) is 0 Å². The molecule has 1 N–H and O–H groups in total. The van der Waals surface area contributed by atoms with Crippen molar-refractivity contribution in [1.82, 2.24) is 10.2 Å². The Hall–Kier alpha value is -0.640. The highest BCUT2D eigenvalue weighted by Crippen LogP contribution is 2.18. The third-order valence-electron chi connectivity index (χ3n) is 3.01. The van der Waals surface area contributed by atoms with E-state index in [0.717, 1.165) is 31.7 Å². The van der Waals surface area contributed by atoms with Crippen LogP contribution in [0.4, 0.5) is 4.39 Å². The Labute approximate surface area is 100 Å². The molecule has 2 nitrogen and oxygen atoms in total. The fourth-order valence-electron chi connectivity index (χ4n) is 1.99. The second-order valence-corrected chi connectivity index (χ2v) is 4.68. The number of nitrogens with zero attached hydrogens (tertiary/aromatic N) is 1. The number of rotatable bonds is 2. The van der Waals surface area contributed by atoms with Crippen LogP contribution in [-0.4, -0.2) is 30.6 Å². The average molecular weight is 243 g/mol. The largest absolute Gasteiger partial charge is 0.314 e. The number of piperazine rings is 1. The Morgan fingerprint density at radius 3 is 3.06 bits per heavy atom. The van der Waals surface area contributed by atoms with Crippen molar-refractivity contribution in [2.45, 2.75) is 19.5 Å². The molecule has 1 heterocycles. The van der Waals surface area contributed by atoms with Crippen LogP contribution in [0.25, 0.3) is 0 Å². The second kappa shape index (κ2) is 5.13. The number of hydrogen-bond acceptors (Lipinski definition) is 2. The molecule has 1 aliphatic rings. The van der Waals surface area contributed by atoms with Gasteiger partial charge >= 0.3 is 0 Å². The highest BCUT2D eigenvalue weighted by Gasteiger charge is 2.17. The standard InChI is InChI=1S/C12H16ClFN2/c1-9-7-15-4-5-16(9)8-10-2-3-12(14)11(13)6-10/h2-3,6,9,15H,4-5,7-8H2,1H3/t9-/m1/s1. The van der Waals surface area contributed by atoms with Gasteiger partial charge in [0, 0.05) is 32.2 Å².